The lowest BCUT2D eigenvalue weighted by Crippen LogP contribution is -2.16. The highest BCUT2D eigenvalue weighted by Crippen LogP contribution is 2.18. The van der Waals surface area contributed by atoms with E-state index in [1.807, 2.05) is 18.2 Å². The van der Waals surface area contributed by atoms with Gasteiger partial charge in [0.2, 0.25) is 0 Å². The molecular formula is C16H18N4O4. The second kappa shape index (κ2) is 7.82. The number of anilines is 1. The van der Waals surface area contributed by atoms with Crippen molar-refractivity contribution in [3.05, 3.63) is 47.7 Å². The maximum absolute atomic E-state index is 11.7. The number of hydrogen-bond acceptors (Lipinski definition) is 6. The summed E-state index contributed by atoms with van der Waals surface area (Å²) in [5.41, 5.74) is 11.8. The van der Waals surface area contributed by atoms with Crippen LogP contribution in [0.25, 0.3) is 6.08 Å². The average molecular weight is 330 g/mol. The molecule has 2 rings (SSSR count). The third-order valence-electron chi connectivity index (χ3n) is 3.23. The summed E-state index contributed by atoms with van der Waals surface area (Å²) in [5.74, 6) is -0.370. The number of rotatable bonds is 7. The van der Waals surface area contributed by atoms with Gasteiger partial charge in [-0.25, -0.2) is 9.48 Å². The lowest BCUT2D eigenvalue weighted by Gasteiger charge is -2.05. The molecule has 0 unspecified atom stereocenters. The van der Waals surface area contributed by atoms with E-state index in [2.05, 4.69) is 5.10 Å². The predicted molar refractivity (Wildman–Crippen MR) is 88.1 cm³/mol. The van der Waals surface area contributed by atoms with Crippen molar-refractivity contribution in [1.29, 1.82) is 0 Å². The standard InChI is InChI=1S/C16H18N4O4/c1-23-13-5-3-2-4-11(13)6-7-14(21)24-9-8-20-15(17)12(10-19-20)16(18)22/h2-7,10H,8-9,17H2,1H3,(H2,18,22). The minimum Gasteiger partial charge on any atom is -0.496 e. The van der Waals surface area contributed by atoms with Gasteiger partial charge >= 0.3 is 5.97 Å². The van der Waals surface area contributed by atoms with E-state index in [0.29, 0.717) is 5.75 Å². The second-order valence-electron chi connectivity index (χ2n) is 4.77. The fourth-order valence-electron chi connectivity index (χ4n) is 2.01. The van der Waals surface area contributed by atoms with Gasteiger partial charge < -0.3 is 20.9 Å². The van der Waals surface area contributed by atoms with Crippen LogP contribution in [0.4, 0.5) is 5.82 Å². The Morgan fingerprint density at radius 2 is 2.08 bits per heavy atom. The Kier molecular flexibility index (Phi) is 5.56. The molecule has 8 heteroatoms. The SMILES string of the molecule is COc1ccccc1C=CC(=O)OCCn1ncc(C(N)=O)c1N. The predicted octanol–water partition coefficient (Wildman–Crippen LogP) is 0.829. The molecule has 1 amide bonds. The van der Waals surface area contributed by atoms with Crippen LogP contribution in [-0.4, -0.2) is 35.4 Å². The molecule has 2 aromatic rings. The Labute approximate surface area is 138 Å². The van der Waals surface area contributed by atoms with E-state index in [0.717, 1.165) is 5.56 Å². The molecule has 1 aromatic heterocycles. The number of carbonyl (C=O) groups is 2. The molecule has 0 spiro atoms. The Balaban J connectivity index is 1.87. The van der Waals surface area contributed by atoms with Gasteiger partial charge in [-0.15, -0.1) is 0 Å². The van der Waals surface area contributed by atoms with Crippen molar-refractivity contribution in [3.8, 4) is 5.75 Å². The number of para-hydroxylation sites is 1. The third kappa shape index (κ3) is 4.13. The number of primary amides is 1. The van der Waals surface area contributed by atoms with Gasteiger partial charge in [0.25, 0.3) is 5.91 Å². The molecule has 0 saturated heterocycles. The second-order valence-corrected chi connectivity index (χ2v) is 4.77. The van der Waals surface area contributed by atoms with Crippen LogP contribution in [0.5, 0.6) is 5.75 Å². The molecule has 1 aromatic carbocycles. The normalized spacial score (nSPS) is 10.7. The van der Waals surface area contributed by atoms with Crippen molar-refractivity contribution in [3.63, 3.8) is 0 Å². The largest absolute Gasteiger partial charge is 0.496 e. The monoisotopic (exact) mass is 330 g/mol. The molecule has 0 aliphatic heterocycles. The van der Waals surface area contributed by atoms with Crippen LogP contribution in [0.3, 0.4) is 0 Å². The Hall–Kier alpha value is -3.29. The molecule has 0 aliphatic rings. The van der Waals surface area contributed by atoms with E-state index in [1.54, 1.807) is 19.3 Å². The fourth-order valence-corrected chi connectivity index (χ4v) is 2.01. The first kappa shape index (κ1) is 17.1. The first-order chi connectivity index (χ1) is 11.5. The van der Waals surface area contributed by atoms with E-state index >= 15 is 0 Å². The van der Waals surface area contributed by atoms with Gasteiger partial charge in [-0.05, 0) is 12.1 Å². The van der Waals surface area contributed by atoms with Gasteiger partial charge in [-0.2, -0.15) is 5.10 Å². The number of carbonyl (C=O) groups excluding carboxylic acids is 2. The van der Waals surface area contributed by atoms with Gasteiger partial charge in [0.05, 0.1) is 19.9 Å². The zero-order valence-corrected chi connectivity index (χ0v) is 13.1. The first-order valence-corrected chi connectivity index (χ1v) is 7.12. The topological polar surface area (TPSA) is 122 Å². The van der Waals surface area contributed by atoms with Crippen LogP contribution in [0.1, 0.15) is 15.9 Å². The number of nitrogens with two attached hydrogens (primary N) is 2. The summed E-state index contributed by atoms with van der Waals surface area (Å²) < 4.78 is 11.6. The van der Waals surface area contributed by atoms with Crippen LogP contribution >= 0.6 is 0 Å². The van der Waals surface area contributed by atoms with E-state index in [-0.39, 0.29) is 24.5 Å². The summed E-state index contributed by atoms with van der Waals surface area (Å²) in [5, 5.41) is 3.92. The molecule has 0 radical (unpaired) electrons. The highest BCUT2D eigenvalue weighted by atomic mass is 16.5. The first-order valence-electron chi connectivity index (χ1n) is 7.12. The Bertz CT molecular complexity index is 767. The Morgan fingerprint density at radius 3 is 2.75 bits per heavy atom. The highest BCUT2D eigenvalue weighted by molar-refractivity contribution is 5.96. The van der Waals surface area contributed by atoms with Crippen molar-refractivity contribution < 1.29 is 19.1 Å². The number of ether oxygens (including phenoxy) is 2. The highest BCUT2D eigenvalue weighted by Gasteiger charge is 2.12. The number of nitrogen functional groups attached to an aromatic ring is 1. The van der Waals surface area contributed by atoms with Gasteiger partial charge in [0.1, 0.15) is 23.7 Å². The average Bonchev–Trinajstić information content (AvgIpc) is 2.94. The number of amides is 1. The van der Waals surface area contributed by atoms with Gasteiger partial charge in [0.15, 0.2) is 0 Å². The van der Waals surface area contributed by atoms with Crippen molar-refractivity contribution in [1.82, 2.24) is 9.78 Å². The number of nitrogens with zero attached hydrogens (tertiary/aromatic N) is 2. The summed E-state index contributed by atoms with van der Waals surface area (Å²) in [4.78, 5) is 22.8. The molecule has 24 heavy (non-hydrogen) atoms. The molecule has 4 N–H and O–H groups in total. The minimum atomic E-state index is -0.657. The molecule has 126 valence electrons. The van der Waals surface area contributed by atoms with Crippen molar-refractivity contribution >= 4 is 23.8 Å². The summed E-state index contributed by atoms with van der Waals surface area (Å²) >= 11 is 0. The molecule has 0 fully saturated rings. The number of hydrogen-bond donors (Lipinski definition) is 2. The molecule has 0 atom stereocenters. The maximum Gasteiger partial charge on any atom is 0.330 e. The van der Waals surface area contributed by atoms with Crippen molar-refractivity contribution in [2.45, 2.75) is 6.54 Å². The number of esters is 1. The summed E-state index contributed by atoms with van der Waals surface area (Å²) in [6, 6.07) is 7.29. The minimum absolute atomic E-state index is 0.0547. The van der Waals surface area contributed by atoms with Crippen LogP contribution < -0.4 is 16.2 Å². The zero-order valence-electron chi connectivity index (χ0n) is 13.1. The van der Waals surface area contributed by atoms with E-state index in [4.69, 9.17) is 20.9 Å². The van der Waals surface area contributed by atoms with Crippen LogP contribution in [-0.2, 0) is 16.1 Å². The molecule has 0 aliphatic carbocycles. The van der Waals surface area contributed by atoms with Crippen LogP contribution in [0.2, 0.25) is 0 Å². The zero-order chi connectivity index (χ0) is 17.5. The molecule has 0 bridgehead atoms. The molecule has 8 nitrogen and oxygen atoms in total. The summed E-state index contributed by atoms with van der Waals surface area (Å²) in [7, 11) is 1.56. The molecular weight excluding hydrogens is 312 g/mol. The Morgan fingerprint density at radius 1 is 1.33 bits per heavy atom. The van der Waals surface area contributed by atoms with Crippen LogP contribution in [0, 0.1) is 0 Å². The number of benzene rings is 1. The quantitative estimate of drug-likeness (QED) is 0.572. The van der Waals surface area contributed by atoms with Gasteiger partial charge in [-0.1, -0.05) is 18.2 Å². The van der Waals surface area contributed by atoms with Crippen molar-refractivity contribution in [2.75, 3.05) is 19.5 Å². The molecule has 0 saturated carbocycles. The third-order valence-corrected chi connectivity index (χ3v) is 3.23. The number of aromatic nitrogens is 2. The summed E-state index contributed by atoms with van der Waals surface area (Å²) in [6.45, 7) is 0.270. The van der Waals surface area contributed by atoms with E-state index in [1.165, 1.54) is 17.0 Å². The van der Waals surface area contributed by atoms with Crippen molar-refractivity contribution in [2.24, 2.45) is 5.73 Å². The lowest BCUT2D eigenvalue weighted by molar-refractivity contribution is -0.138. The van der Waals surface area contributed by atoms with Crippen LogP contribution in [0.15, 0.2) is 36.5 Å². The van der Waals surface area contributed by atoms with Gasteiger partial charge in [-0.3, -0.25) is 4.79 Å². The summed E-state index contributed by atoms with van der Waals surface area (Å²) in [6.07, 6.45) is 4.19. The smallest absolute Gasteiger partial charge is 0.330 e. The number of methoxy groups -OCH3 is 1. The molecule has 1 heterocycles. The van der Waals surface area contributed by atoms with Gasteiger partial charge in [0, 0.05) is 11.6 Å². The van der Waals surface area contributed by atoms with E-state index in [9.17, 15) is 9.59 Å². The lowest BCUT2D eigenvalue weighted by atomic mass is 10.2. The fraction of sp³-hybridized carbons (Fsp3) is 0.188. The maximum atomic E-state index is 11.7. The van der Waals surface area contributed by atoms with E-state index < -0.39 is 11.9 Å².